The first-order chi connectivity index (χ1) is 9.65. The Morgan fingerprint density at radius 1 is 1.35 bits per heavy atom. The molecule has 0 fully saturated rings. The molecule has 6 heteroatoms. The van der Waals surface area contributed by atoms with Gasteiger partial charge in [0, 0.05) is 17.1 Å². The summed E-state index contributed by atoms with van der Waals surface area (Å²) in [6.07, 6.45) is 2.10. The average molecular weight is 296 g/mol. The second-order valence-electron chi connectivity index (χ2n) is 4.12. The summed E-state index contributed by atoms with van der Waals surface area (Å²) in [5, 5.41) is 12.9. The number of nitrogens with one attached hydrogen (secondary N) is 1. The van der Waals surface area contributed by atoms with Crippen LogP contribution in [0.15, 0.2) is 47.3 Å². The highest BCUT2D eigenvalue weighted by Crippen LogP contribution is 2.15. The molecule has 1 aromatic heterocycles. The fourth-order valence-corrected chi connectivity index (χ4v) is 1.65. The SMILES string of the molecule is O=C(COc1ccc(Cl)cc1)NC[C@H](O)c1ccoc1. The third kappa shape index (κ3) is 4.29. The fraction of sp³-hybridized carbons (Fsp3) is 0.214. The summed E-state index contributed by atoms with van der Waals surface area (Å²) >= 11 is 5.74. The molecule has 0 saturated carbocycles. The molecule has 0 aliphatic carbocycles. The number of ether oxygens (including phenoxy) is 1. The van der Waals surface area contributed by atoms with Gasteiger partial charge in [0.25, 0.3) is 5.91 Å². The van der Waals surface area contributed by atoms with E-state index >= 15 is 0 Å². The van der Waals surface area contributed by atoms with E-state index in [0.29, 0.717) is 16.3 Å². The molecule has 0 spiro atoms. The normalized spacial score (nSPS) is 11.9. The number of amides is 1. The van der Waals surface area contributed by atoms with Crippen molar-refractivity contribution in [2.24, 2.45) is 0 Å². The van der Waals surface area contributed by atoms with Gasteiger partial charge in [-0.05, 0) is 30.3 Å². The molecular formula is C14H14ClNO4. The molecule has 0 radical (unpaired) electrons. The second kappa shape index (κ2) is 6.98. The van der Waals surface area contributed by atoms with Gasteiger partial charge < -0.3 is 19.6 Å². The van der Waals surface area contributed by atoms with Crippen LogP contribution >= 0.6 is 11.6 Å². The first-order valence-electron chi connectivity index (χ1n) is 6.00. The molecule has 1 atom stereocenters. The molecule has 5 nitrogen and oxygen atoms in total. The average Bonchev–Trinajstić information content (AvgIpc) is 2.98. The Labute approximate surface area is 121 Å². The monoisotopic (exact) mass is 295 g/mol. The summed E-state index contributed by atoms with van der Waals surface area (Å²) in [6, 6.07) is 8.35. The molecule has 2 rings (SSSR count). The lowest BCUT2D eigenvalue weighted by Crippen LogP contribution is -2.32. The van der Waals surface area contributed by atoms with Gasteiger partial charge in [-0.25, -0.2) is 0 Å². The number of carbonyl (C=O) groups is 1. The predicted molar refractivity (Wildman–Crippen MR) is 73.6 cm³/mol. The van der Waals surface area contributed by atoms with E-state index in [-0.39, 0.29) is 19.1 Å². The van der Waals surface area contributed by atoms with Crippen molar-refractivity contribution < 1.29 is 19.1 Å². The van der Waals surface area contributed by atoms with Crippen LogP contribution in [0.4, 0.5) is 0 Å². The topological polar surface area (TPSA) is 71.7 Å². The summed E-state index contributed by atoms with van der Waals surface area (Å²) < 4.78 is 10.1. The number of aliphatic hydroxyl groups is 1. The molecular weight excluding hydrogens is 282 g/mol. The predicted octanol–water partition coefficient (Wildman–Crippen LogP) is 2.16. The zero-order valence-corrected chi connectivity index (χ0v) is 11.3. The number of benzene rings is 1. The van der Waals surface area contributed by atoms with E-state index < -0.39 is 6.10 Å². The minimum atomic E-state index is -0.798. The third-order valence-corrected chi connectivity index (χ3v) is 2.86. The molecule has 20 heavy (non-hydrogen) atoms. The summed E-state index contributed by atoms with van der Waals surface area (Å²) in [5.41, 5.74) is 0.615. The standard InChI is InChI=1S/C14H14ClNO4/c15-11-1-3-12(4-2-11)20-9-14(18)16-7-13(17)10-5-6-19-8-10/h1-6,8,13,17H,7,9H2,(H,16,18)/t13-/m0/s1. The molecule has 0 unspecified atom stereocenters. The van der Waals surface area contributed by atoms with Crippen LogP contribution in [0.5, 0.6) is 5.75 Å². The van der Waals surface area contributed by atoms with E-state index in [1.165, 1.54) is 12.5 Å². The van der Waals surface area contributed by atoms with Gasteiger partial charge in [0.05, 0.1) is 18.6 Å². The van der Waals surface area contributed by atoms with Crippen molar-refractivity contribution in [2.75, 3.05) is 13.2 Å². The van der Waals surface area contributed by atoms with E-state index in [2.05, 4.69) is 5.32 Å². The van der Waals surface area contributed by atoms with Gasteiger partial charge in [-0.2, -0.15) is 0 Å². The largest absolute Gasteiger partial charge is 0.484 e. The number of carbonyl (C=O) groups excluding carboxylic acids is 1. The lowest BCUT2D eigenvalue weighted by atomic mass is 10.2. The van der Waals surface area contributed by atoms with Gasteiger partial charge in [-0.15, -0.1) is 0 Å². The lowest BCUT2D eigenvalue weighted by molar-refractivity contribution is -0.123. The Hall–Kier alpha value is -1.98. The van der Waals surface area contributed by atoms with Gasteiger partial charge in [0.2, 0.25) is 0 Å². The fourth-order valence-electron chi connectivity index (χ4n) is 1.52. The van der Waals surface area contributed by atoms with Crippen LogP contribution in [-0.4, -0.2) is 24.2 Å². The maximum atomic E-state index is 11.6. The van der Waals surface area contributed by atoms with Crippen LogP contribution in [-0.2, 0) is 4.79 Å². The summed E-state index contributed by atoms with van der Waals surface area (Å²) in [4.78, 5) is 11.6. The van der Waals surface area contributed by atoms with E-state index in [9.17, 15) is 9.90 Å². The Kier molecular flexibility index (Phi) is 5.03. The van der Waals surface area contributed by atoms with Gasteiger partial charge in [0.15, 0.2) is 6.61 Å². The van der Waals surface area contributed by atoms with E-state index in [0.717, 1.165) is 0 Å². The summed E-state index contributed by atoms with van der Waals surface area (Å²) in [7, 11) is 0. The smallest absolute Gasteiger partial charge is 0.258 e. The van der Waals surface area contributed by atoms with E-state index in [1.807, 2.05) is 0 Å². The number of hydrogen-bond acceptors (Lipinski definition) is 4. The van der Waals surface area contributed by atoms with Crippen molar-refractivity contribution in [2.45, 2.75) is 6.10 Å². The Balaban J connectivity index is 1.71. The maximum Gasteiger partial charge on any atom is 0.258 e. The molecule has 0 aliphatic heterocycles. The number of furan rings is 1. The summed E-state index contributed by atoms with van der Waals surface area (Å²) in [5.74, 6) is 0.238. The highest BCUT2D eigenvalue weighted by atomic mass is 35.5. The molecule has 0 bridgehead atoms. The van der Waals surface area contributed by atoms with Crippen molar-refractivity contribution in [1.82, 2.24) is 5.32 Å². The molecule has 1 heterocycles. The van der Waals surface area contributed by atoms with Crippen molar-refractivity contribution >= 4 is 17.5 Å². The van der Waals surface area contributed by atoms with Crippen LogP contribution in [0, 0.1) is 0 Å². The molecule has 0 saturated heterocycles. The number of rotatable bonds is 6. The molecule has 1 aromatic carbocycles. The number of aliphatic hydroxyl groups excluding tert-OH is 1. The zero-order chi connectivity index (χ0) is 14.4. The van der Waals surface area contributed by atoms with Crippen LogP contribution < -0.4 is 10.1 Å². The van der Waals surface area contributed by atoms with Gasteiger partial charge in [-0.1, -0.05) is 11.6 Å². The van der Waals surface area contributed by atoms with Crippen molar-refractivity contribution in [1.29, 1.82) is 0 Å². The van der Waals surface area contributed by atoms with Gasteiger partial charge in [0.1, 0.15) is 5.75 Å². The summed E-state index contributed by atoms with van der Waals surface area (Å²) in [6.45, 7) is -0.0257. The quantitative estimate of drug-likeness (QED) is 0.856. The van der Waals surface area contributed by atoms with Gasteiger partial charge >= 0.3 is 0 Å². The number of hydrogen-bond donors (Lipinski definition) is 2. The Morgan fingerprint density at radius 2 is 2.10 bits per heavy atom. The van der Waals surface area contributed by atoms with Gasteiger partial charge in [-0.3, -0.25) is 4.79 Å². The van der Waals surface area contributed by atoms with Crippen LogP contribution in [0.1, 0.15) is 11.7 Å². The van der Waals surface area contributed by atoms with Crippen LogP contribution in [0.2, 0.25) is 5.02 Å². The lowest BCUT2D eigenvalue weighted by Gasteiger charge is -2.10. The van der Waals surface area contributed by atoms with Crippen LogP contribution in [0.25, 0.3) is 0 Å². The first kappa shape index (κ1) is 14.4. The maximum absolute atomic E-state index is 11.6. The number of halogens is 1. The Bertz CT molecular complexity index is 539. The molecule has 1 amide bonds. The Morgan fingerprint density at radius 3 is 2.75 bits per heavy atom. The van der Waals surface area contributed by atoms with E-state index in [1.54, 1.807) is 30.3 Å². The highest BCUT2D eigenvalue weighted by molar-refractivity contribution is 6.30. The molecule has 106 valence electrons. The second-order valence-corrected chi connectivity index (χ2v) is 4.56. The molecule has 2 aromatic rings. The van der Waals surface area contributed by atoms with Crippen molar-refractivity contribution in [3.8, 4) is 5.75 Å². The third-order valence-electron chi connectivity index (χ3n) is 2.60. The molecule has 0 aliphatic rings. The highest BCUT2D eigenvalue weighted by Gasteiger charge is 2.10. The zero-order valence-electron chi connectivity index (χ0n) is 10.6. The molecule has 2 N–H and O–H groups in total. The minimum Gasteiger partial charge on any atom is -0.484 e. The van der Waals surface area contributed by atoms with Crippen molar-refractivity contribution in [3.63, 3.8) is 0 Å². The van der Waals surface area contributed by atoms with E-state index in [4.69, 9.17) is 20.8 Å². The van der Waals surface area contributed by atoms with Crippen molar-refractivity contribution in [3.05, 3.63) is 53.4 Å². The van der Waals surface area contributed by atoms with Crippen LogP contribution in [0.3, 0.4) is 0 Å². The first-order valence-corrected chi connectivity index (χ1v) is 6.38. The minimum absolute atomic E-state index is 0.0995.